The Bertz CT molecular complexity index is 407. The Morgan fingerprint density at radius 1 is 1.50 bits per heavy atom. The van der Waals surface area contributed by atoms with Crippen LogP contribution in [0, 0.1) is 0 Å². The molecule has 2 heterocycles. The highest BCUT2D eigenvalue weighted by Gasteiger charge is 2.25. The monoisotopic (exact) mass is 250 g/mol. The minimum Gasteiger partial charge on any atom is -0.380 e. The second-order valence-electron chi connectivity index (χ2n) is 4.29. The lowest BCUT2D eigenvalue weighted by Gasteiger charge is -2.31. The van der Waals surface area contributed by atoms with E-state index in [2.05, 4.69) is 15.3 Å². The maximum absolute atomic E-state index is 12.2. The van der Waals surface area contributed by atoms with E-state index in [4.69, 9.17) is 4.74 Å². The number of carbonyl (C=O) groups excluding carboxylic acids is 1. The van der Waals surface area contributed by atoms with Gasteiger partial charge in [-0.25, -0.2) is 9.97 Å². The third-order valence-electron chi connectivity index (χ3n) is 3.13. The SMILES string of the molecule is CNc1cnc(C(=O)N2CCCC(OC)C2)cn1. The van der Waals surface area contributed by atoms with Gasteiger partial charge in [-0.3, -0.25) is 4.79 Å². The van der Waals surface area contributed by atoms with Gasteiger partial charge < -0.3 is 15.0 Å². The van der Waals surface area contributed by atoms with Crippen LogP contribution in [0.4, 0.5) is 5.82 Å². The average Bonchev–Trinajstić information content (AvgIpc) is 2.46. The summed E-state index contributed by atoms with van der Waals surface area (Å²) in [5.74, 6) is 0.576. The summed E-state index contributed by atoms with van der Waals surface area (Å²) in [5.41, 5.74) is 0.380. The van der Waals surface area contributed by atoms with Crippen molar-refractivity contribution in [1.82, 2.24) is 14.9 Å². The first kappa shape index (κ1) is 12.8. The molecule has 0 aromatic carbocycles. The first-order valence-corrected chi connectivity index (χ1v) is 6.06. The van der Waals surface area contributed by atoms with E-state index in [-0.39, 0.29) is 12.0 Å². The van der Waals surface area contributed by atoms with Gasteiger partial charge in [0.1, 0.15) is 11.5 Å². The van der Waals surface area contributed by atoms with Gasteiger partial charge >= 0.3 is 0 Å². The van der Waals surface area contributed by atoms with Gasteiger partial charge in [-0.05, 0) is 12.8 Å². The van der Waals surface area contributed by atoms with Crippen LogP contribution in [-0.4, -0.2) is 54.1 Å². The molecule has 2 rings (SSSR count). The van der Waals surface area contributed by atoms with E-state index < -0.39 is 0 Å². The third-order valence-corrected chi connectivity index (χ3v) is 3.13. The highest BCUT2D eigenvalue weighted by molar-refractivity contribution is 5.92. The molecule has 1 saturated heterocycles. The smallest absolute Gasteiger partial charge is 0.274 e. The fraction of sp³-hybridized carbons (Fsp3) is 0.583. The number of hydrogen-bond donors (Lipinski definition) is 1. The molecule has 1 aromatic heterocycles. The van der Waals surface area contributed by atoms with Crippen LogP contribution >= 0.6 is 0 Å². The molecule has 1 aliphatic heterocycles. The second kappa shape index (κ2) is 5.77. The number of methoxy groups -OCH3 is 1. The number of ether oxygens (including phenoxy) is 1. The summed E-state index contributed by atoms with van der Waals surface area (Å²) in [7, 11) is 3.44. The number of nitrogens with one attached hydrogen (secondary N) is 1. The molecule has 0 spiro atoms. The number of likely N-dealkylation sites (tertiary alicyclic amines) is 1. The number of piperidine rings is 1. The van der Waals surface area contributed by atoms with Crippen molar-refractivity contribution in [3.8, 4) is 0 Å². The molecule has 0 radical (unpaired) electrons. The zero-order valence-corrected chi connectivity index (χ0v) is 10.7. The van der Waals surface area contributed by atoms with Crippen molar-refractivity contribution in [3.05, 3.63) is 18.1 Å². The Balaban J connectivity index is 2.05. The van der Waals surface area contributed by atoms with Crippen LogP contribution in [0.2, 0.25) is 0 Å². The van der Waals surface area contributed by atoms with Gasteiger partial charge in [0.15, 0.2) is 0 Å². The number of hydrogen-bond acceptors (Lipinski definition) is 5. The molecule has 0 saturated carbocycles. The number of nitrogens with zero attached hydrogens (tertiary/aromatic N) is 3. The molecular formula is C12H18N4O2. The first-order valence-electron chi connectivity index (χ1n) is 6.06. The van der Waals surface area contributed by atoms with Crippen LogP contribution in [0.1, 0.15) is 23.3 Å². The highest BCUT2D eigenvalue weighted by Crippen LogP contribution is 2.14. The Hall–Kier alpha value is -1.69. The predicted octanol–water partition coefficient (Wildman–Crippen LogP) is 0.769. The largest absolute Gasteiger partial charge is 0.380 e. The number of amides is 1. The molecule has 1 aromatic rings. The minimum atomic E-state index is -0.0769. The van der Waals surface area contributed by atoms with Gasteiger partial charge in [0.2, 0.25) is 0 Å². The molecule has 18 heavy (non-hydrogen) atoms. The van der Waals surface area contributed by atoms with E-state index in [0.717, 1.165) is 19.4 Å². The van der Waals surface area contributed by atoms with Gasteiger partial charge in [0.05, 0.1) is 18.5 Å². The second-order valence-corrected chi connectivity index (χ2v) is 4.29. The molecular weight excluding hydrogens is 232 g/mol. The first-order chi connectivity index (χ1) is 8.74. The summed E-state index contributed by atoms with van der Waals surface area (Å²) in [6, 6.07) is 0. The number of rotatable bonds is 3. The van der Waals surface area contributed by atoms with Crippen molar-refractivity contribution in [3.63, 3.8) is 0 Å². The van der Waals surface area contributed by atoms with Crippen LogP contribution in [-0.2, 0) is 4.74 Å². The molecule has 1 unspecified atom stereocenters. The zero-order chi connectivity index (χ0) is 13.0. The average molecular weight is 250 g/mol. The van der Waals surface area contributed by atoms with Crippen molar-refractivity contribution >= 4 is 11.7 Å². The van der Waals surface area contributed by atoms with Crippen LogP contribution in [0.3, 0.4) is 0 Å². The lowest BCUT2D eigenvalue weighted by Crippen LogP contribution is -2.43. The maximum atomic E-state index is 12.2. The number of aromatic nitrogens is 2. The van der Waals surface area contributed by atoms with E-state index in [1.807, 2.05) is 0 Å². The van der Waals surface area contributed by atoms with E-state index >= 15 is 0 Å². The van der Waals surface area contributed by atoms with Gasteiger partial charge in [0, 0.05) is 27.2 Å². The van der Waals surface area contributed by atoms with Crippen molar-refractivity contribution in [2.45, 2.75) is 18.9 Å². The highest BCUT2D eigenvalue weighted by atomic mass is 16.5. The number of anilines is 1. The Labute approximate surface area is 106 Å². The molecule has 0 bridgehead atoms. The predicted molar refractivity (Wildman–Crippen MR) is 67.5 cm³/mol. The van der Waals surface area contributed by atoms with Crippen LogP contribution in [0.5, 0.6) is 0 Å². The van der Waals surface area contributed by atoms with Crippen molar-refractivity contribution < 1.29 is 9.53 Å². The maximum Gasteiger partial charge on any atom is 0.274 e. The minimum absolute atomic E-state index is 0.0769. The quantitative estimate of drug-likeness (QED) is 0.858. The van der Waals surface area contributed by atoms with Gasteiger partial charge in [0.25, 0.3) is 5.91 Å². The van der Waals surface area contributed by atoms with E-state index in [0.29, 0.717) is 18.1 Å². The fourth-order valence-electron chi connectivity index (χ4n) is 2.04. The Morgan fingerprint density at radius 3 is 2.94 bits per heavy atom. The van der Waals surface area contributed by atoms with Crippen LogP contribution in [0.15, 0.2) is 12.4 Å². The molecule has 1 aliphatic rings. The number of carbonyl (C=O) groups is 1. The third kappa shape index (κ3) is 2.76. The molecule has 1 amide bonds. The summed E-state index contributed by atoms with van der Waals surface area (Å²) >= 11 is 0. The van der Waals surface area contributed by atoms with Gasteiger partial charge in [-0.15, -0.1) is 0 Å². The zero-order valence-electron chi connectivity index (χ0n) is 10.7. The Morgan fingerprint density at radius 2 is 2.33 bits per heavy atom. The summed E-state index contributed by atoms with van der Waals surface area (Å²) in [5, 5.41) is 2.87. The molecule has 1 fully saturated rings. The van der Waals surface area contributed by atoms with Gasteiger partial charge in [-0.2, -0.15) is 0 Å². The summed E-state index contributed by atoms with van der Waals surface area (Å²) in [4.78, 5) is 22.2. The van der Waals surface area contributed by atoms with Gasteiger partial charge in [-0.1, -0.05) is 0 Å². The molecule has 6 heteroatoms. The topological polar surface area (TPSA) is 67.4 Å². The van der Waals surface area contributed by atoms with E-state index in [1.54, 1.807) is 25.3 Å². The van der Waals surface area contributed by atoms with Crippen molar-refractivity contribution in [1.29, 1.82) is 0 Å². The normalized spacial score (nSPS) is 19.7. The van der Waals surface area contributed by atoms with E-state index in [9.17, 15) is 4.79 Å². The molecule has 1 atom stereocenters. The fourth-order valence-corrected chi connectivity index (χ4v) is 2.04. The summed E-state index contributed by atoms with van der Waals surface area (Å²) in [6.07, 6.45) is 5.17. The standard InChI is InChI=1S/C12H18N4O2/c1-13-11-7-14-10(6-15-11)12(17)16-5-3-4-9(8-16)18-2/h6-7,9H,3-5,8H2,1-2H3,(H,13,15). The van der Waals surface area contributed by atoms with E-state index in [1.165, 1.54) is 6.20 Å². The van der Waals surface area contributed by atoms with Crippen LogP contribution in [0.25, 0.3) is 0 Å². The molecule has 0 aliphatic carbocycles. The van der Waals surface area contributed by atoms with Crippen molar-refractivity contribution in [2.75, 3.05) is 32.6 Å². The lowest BCUT2D eigenvalue weighted by molar-refractivity contribution is 0.0265. The molecule has 6 nitrogen and oxygen atoms in total. The molecule has 98 valence electrons. The summed E-state index contributed by atoms with van der Waals surface area (Å²) in [6.45, 7) is 1.39. The van der Waals surface area contributed by atoms with Crippen molar-refractivity contribution in [2.24, 2.45) is 0 Å². The summed E-state index contributed by atoms with van der Waals surface area (Å²) < 4.78 is 5.30. The Kier molecular flexibility index (Phi) is 4.09. The molecule has 1 N–H and O–H groups in total. The van der Waals surface area contributed by atoms with Crippen LogP contribution < -0.4 is 5.32 Å². The lowest BCUT2D eigenvalue weighted by atomic mass is 10.1.